The number of esters is 1. The molecule has 2 aromatic heterocycles. The van der Waals surface area contributed by atoms with Gasteiger partial charge in [0.05, 0.1) is 25.3 Å². The van der Waals surface area contributed by atoms with Crippen molar-refractivity contribution < 1.29 is 18.8 Å². The summed E-state index contributed by atoms with van der Waals surface area (Å²) in [6.45, 7) is 3.69. The Kier molecular flexibility index (Phi) is 5.92. The third-order valence-corrected chi connectivity index (χ3v) is 4.59. The molecule has 1 atom stereocenters. The first-order valence-electron chi connectivity index (χ1n) is 7.32. The van der Waals surface area contributed by atoms with Crippen LogP contribution in [0.2, 0.25) is 0 Å². The van der Waals surface area contributed by atoms with Crippen LogP contribution in [0.15, 0.2) is 22.0 Å². The molecule has 0 radical (unpaired) electrons. The minimum absolute atomic E-state index is 0.118. The number of methoxy groups -OCH3 is 1. The SMILES string of the molecule is COC(=O)C[C@@H](NC(=O)CCc1c(C)noc1C)c1cccs1. The summed E-state index contributed by atoms with van der Waals surface area (Å²) < 4.78 is 9.80. The molecule has 2 rings (SSSR count). The molecule has 0 saturated carbocycles. The number of nitrogens with zero attached hydrogens (tertiary/aromatic N) is 1. The number of thiophene rings is 1. The summed E-state index contributed by atoms with van der Waals surface area (Å²) in [6.07, 6.45) is 0.988. The van der Waals surface area contributed by atoms with Gasteiger partial charge >= 0.3 is 5.97 Å². The number of rotatable bonds is 7. The molecule has 0 bridgehead atoms. The van der Waals surface area contributed by atoms with Crippen LogP contribution < -0.4 is 5.32 Å². The monoisotopic (exact) mass is 336 g/mol. The Morgan fingerprint density at radius 2 is 2.22 bits per heavy atom. The van der Waals surface area contributed by atoms with Crippen LogP contribution in [0.1, 0.15) is 40.8 Å². The highest BCUT2D eigenvalue weighted by Crippen LogP contribution is 2.23. The van der Waals surface area contributed by atoms with E-state index in [4.69, 9.17) is 9.26 Å². The molecular weight excluding hydrogens is 316 g/mol. The van der Waals surface area contributed by atoms with E-state index in [1.54, 1.807) is 0 Å². The molecule has 7 heteroatoms. The quantitative estimate of drug-likeness (QED) is 0.786. The smallest absolute Gasteiger partial charge is 0.307 e. The van der Waals surface area contributed by atoms with Crippen molar-refractivity contribution in [2.45, 2.75) is 39.2 Å². The van der Waals surface area contributed by atoms with Gasteiger partial charge in [0.2, 0.25) is 5.91 Å². The number of hydrogen-bond donors (Lipinski definition) is 1. The summed E-state index contributed by atoms with van der Waals surface area (Å²) >= 11 is 1.50. The molecule has 0 aliphatic heterocycles. The first kappa shape index (κ1) is 17.2. The molecule has 0 aliphatic rings. The number of aryl methyl sites for hydroxylation is 2. The third-order valence-electron chi connectivity index (χ3n) is 3.60. The van der Waals surface area contributed by atoms with E-state index in [2.05, 4.69) is 10.5 Å². The Balaban J connectivity index is 1.96. The van der Waals surface area contributed by atoms with Gasteiger partial charge in [0.15, 0.2) is 0 Å². The van der Waals surface area contributed by atoms with E-state index >= 15 is 0 Å². The minimum atomic E-state index is -0.361. The summed E-state index contributed by atoms with van der Waals surface area (Å²) in [5.74, 6) is 0.265. The van der Waals surface area contributed by atoms with Gasteiger partial charge in [0.25, 0.3) is 0 Å². The fourth-order valence-corrected chi connectivity index (χ4v) is 3.10. The molecule has 23 heavy (non-hydrogen) atoms. The molecule has 124 valence electrons. The van der Waals surface area contributed by atoms with E-state index in [1.165, 1.54) is 18.4 Å². The zero-order valence-electron chi connectivity index (χ0n) is 13.4. The molecule has 2 heterocycles. The Hall–Kier alpha value is -2.15. The zero-order chi connectivity index (χ0) is 16.8. The highest BCUT2D eigenvalue weighted by atomic mass is 32.1. The van der Waals surface area contributed by atoms with E-state index in [0.29, 0.717) is 12.8 Å². The topological polar surface area (TPSA) is 81.4 Å². The van der Waals surface area contributed by atoms with Crippen LogP contribution in [0.4, 0.5) is 0 Å². The fraction of sp³-hybridized carbons (Fsp3) is 0.438. The molecule has 0 saturated heterocycles. The van der Waals surface area contributed by atoms with E-state index < -0.39 is 0 Å². The van der Waals surface area contributed by atoms with E-state index in [-0.39, 0.29) is 24.3 Å². The maximum atomic E-state index is 12.2. The Labute approximate surface area is 138 Å². The number of nitrogens with one attached hydrogen (secondary N) is 1. The van der Waals surface area contributed by atoms with Crippen molar-refractivity contribution >= 4 is 23.2 Å². The van der Waals surface area contributed by atoms with E-state index in [0.717, 1.165) is 21.9 Å². The number of ether oxygens (including phenoxy) is 1. The third kappa shape index (κ3) is 4.66. The first-order valence-corrected chi connectivity index (χ1v) is 8.20. The molecule has 0 aliphatic carbocycles. The van der Waals surface area contributed by atoms with Crippen LogP contribution in [0, 0.1) is 13.8 Å². The number of carbonyl (C=O) groups is 2. The van der Waals surface area contributed by atoms with Crippen molar-refractivity contribution in [1.82, 2.24) is 10.5 Å². The van der Waals surface area contributed by atoms with Crippen LogP contribution in [0.25, 0.3) is 0 Å². The lowest BCUT2D eigenvalue weighted by atomic mass is 10.1. The van der Waals surface area contributed by atoms with Crippen LogP contribution in [-0.4, -0.2) is 24.1 Å². The van der Waals surface area contributed by atoms with Crippen molar-refractivity contribution in [1.29, 1.82) is 0 Å². The lowest BCUT2D eigenvalue weighted by molar-refractivity contribution is -0.141. The minimum Gasteiger partial charge on any atom is -0.469 e. The van der Waals surface area contributed by atoms with Gasteiger partial charge in [-0.25, -0.2) is 0 Å². The Morgan fingerprint density at radius 3 is 2.78 bits per heavy atom. The van der Waals surface area contributed by atoms with Crippen molar-refractivity contribution in [3.8, 4) is 0 Å². The van der Waals surface area contributed by atoms with Gasteiger partial charge in [-0.05, 0) is 31.7 Å². The molecule has 2 aromatic rings. The van der Waals surface area contributed by atoms with Gasteiger partial charge in [0.1, 0.15) is 5.76 Å². The van der Waals surface area contributed by atoms with Crippen LogP contribution >= 0.6 is 11.3 Å². The first-order chi connectivity index (χ1) is 11.0. The largest absolute Gasteiger partial charge is 0.469 e. The maximum absolute atomic E-state index is 12.2. The lowest BCUT2D eigenvalue weighted by Crippen LogP contribution is -2.30. The van der Waals surface area contributed by atoms with Crippen molar-refractivity contribution in [3.05, 3.63) is 39.4 Å². The predicted octanol–water partition coefficient (Wildman–Crippen LogP) is 2.71. The normalized spacial score (nSPS) is 12.0. The lowest BCUT2D eigenvalue weighted by Gasteiger charge is -2.16. The number of amides is 1. The summed E-state index contributed by atoms with van der Waals surface area (Å²) in [7, 11) is 1.34. The number of carbonyl (C=O) groups excluding carboxylic acids is 2. The Bertz CT molecular complexity index is 644. The molecule has 0 spiro atoms. The van der Waals surface area contributed by atoms with E-state index in [9.17, 15) is 9.59 Å². The molecular formula is C16H20N2O4S. The second-order valence-corrected chi connectivity index (χ2v) is 6.20. The van der Waals surface area contributed by atoms with Crippen molar-refractivity contribution in [2.24, 2.45) is 0 Å². The summed E-state index contributed by atoms with van der Waals surface area (Å²) in [4.78, 5) is 24.7. The summed E-state index contributed by atoms with van der Waals surface area (Å²) in [6, 6.07) is 3.42. The molecule has 0 fully saturated rings. The van der Waals surface area contributed by atoms with Crippen LogP contribution in [0.3, 0.4) is 0 Å². The fourth-order valence-electron chi connectivity index (χ4n) is 2.33. The van der Waals surface area contributed by atoms with Gasteiger partial charge in [-0.2, -0.15) is 0 Å². The van der Waals surface area contributed by atoms with Crippen molar-refractivity contribution in [2.75, 3.05) is 7.11 Å². The molecule has 0 unspecified atom stereocenters. The van der Waals surface area contributed by atoms with E-state index in [1.807, 2.05) is 31.4 Å². The van der Waals surface area contributed by atoms with Gasteiger partial charge in [-0.3, -0.25) is 9.59 Å². The zero-order valence-corrected chi connectivity index (χ0v) is 14.2. The summed E-state index contributed by atoms with van der Waals surface area (Å²) in [5, 5.41) is 8.70. The van der Waals surface area contributed by atoms with Gasteiger partial charge in [-0.1, -0.05) is 11.2 Å². The molecule has 6 nitrogen and oxygen atoms in total. The second kappa shape index (κ2) is 7.92. The number of aromatic nitrogens is 1. The van der Waals surface area contributed by atoms with Crippen LogP contribution in [0.5, 0.6) is 0 Å². The highest BCUT2D eigenvalue weighted by Gasteiger charge is 2.20. The molecule has 0 aromatic carbocycles. The van der Waals surface area contributed by atoms with Crippen molar-refractivity contribution in [3.63, 3.8) is 0 Å². The average molecular weight is 336 g/mol. The highest BCUT2D eigenvalue weighted by molar-refractivity contribution is 7.10. The van der Waals surface area contributed by atoms with Gasteiger partial charge in [-0.15, -0.1) is 11.3 Å². The second-order valence-electron chi connectivity index (χ2n) is 5.22. The van der Waals surface area contributed by atoms with Crippen LogP contribution in [-0.2, 0) is 20.7 Å². The maximum Gasteiger partial charge on any atom is 0.307 e. The Morgan fingerprint density at radius 1 is 1.43 bits per heavy atom. The number of hydrogen-bond acceptors (Lipinski definition) is 6. The standard InChI is InChI=1S/C16H20N2O4S/c1-10-12(11(2)22-18-10)6-7-15(19)17-13(9-16(20)21-3)14-5-4-8-23-14/h4-5,8,13H,6-7,9H2,1-3H3,(H,17,19)/t13-/m1/s1. The predicted molar refractivity (Wildman–Crippen MR) is 86.1 cm³/mol. The molecule has 1 N–H and O–H groups in total. The molecule has 1 amide bonds. The van der Waals surface area contributed by atoms with Gasteiger partial charge < -0.3 is 14.6 Å². The van der Waals surface area contributed by atoms with Gasteiger partial charge in [0, 0.05) is 16.9 Å². The summed E-state index contributed by atoms with van der Waals surface area (Å²) in [5.41, 5.74) is 1.76. The average Bonchev–Trinajstić information content (AvgIpc) is 3.15.